The van der Waals surface area contributed by atoms with Crippen molar-refractivity contribution in [2.75, 3.05) is 59.7 Å². The van der Waals surface area contributed by atoms with Gasteiger partial charge in [0.05, 0.1) is 41.4 Å². The molecular formula is C23H27ClFN7O2S. The van der Waals surface area contributed by atoms with Crippen molar-refractivity contribution in [3.63, 3.8) is 0 Å². The Hall–Kier alpha value is -2.94. The smallest absolute Gasteiger partial charge is 0.232 e. The molecule has 0 saturated carbocycles. The second kappa shape index (κ2) is 10.8. The van der Waals surface area contributed by atoms with E-state index in [9.17, 15) is 12.8 Å². The molecule has 12 heteroatoms. The third kappa shape index (κ3) is 5.83. The van der Waals surface area contributed by atoms with Crippen molar-refractivity contribution < 1.29 is 12.8 Å². The van der Waals surface area contributed by atoms with E-state index in [2.05, 4.69) is 35.8 Å². The number of benzene rings is 1. The van der Waals surface area contributed by atoms with Crippen molar-refractivity contribution in [2.45, 2.75) is 19.4 Å². The summed E-state index contributed by atoms with van der Waals surface area (Å²) in [6, 6.07) is 4.11. The number of terminal acetylenes is 1. The van der Waals surface area contributed by atoms with Crippen LogP contribution in [0.5, 0.6) is 0 Å². The fraction of sp³-hybridized carbons (Fsp3) is 0.435. The number of hydrogen-bond acceptors (Lipinski definition) is 8. The summed E-state index contributed by atoms with van der Waals surface area (Å²) in [5.41, 5.74) is 1.90. The molecule has 1 unspecified atom stereocenters. The molecule has 0 spiro atoms. The Bertz CT molecular complexity index is 1240. The zero-order chi connectivity index (χ0) is 25.0. The summed E-state index contributed by atoms with van der Waals surface area (Å²) >= 11 is 6.41. The molecule has 1 N–H and O–H groups in total. The molecule has 9 nitrogen and oxygen atoms in total. The number of hydrogen-bond donors (Lipinski definition) is 1. The van der Waals surface area contributed by atoms with Crippen LogP contribution in [0.4, 0.5) is 21.5 Å². The Balaban J connectivity index is 1.49. The van der Waals surface area contributed by atoms with Crippen molar-refractivity contribution >= 4 is 38.7 Å². The minimum atomic E-state index is -3.59. The van der Waals surface area contributed by atoms with Gasteiger partial charge < -0.3 is 4.90 Å². The van der Waals surface area contributed by atoms with Crippen molar-refractivity contribution in [3.8, 4) is 12.3 Å². The first-order chi connectivity index (χ1) is 16.8. The Morgan fingerprint density at radius 2 is 2.03 bits per heavy atom. The number of halogens is 2. The van der Waals surface area contributed by atoms with Gasteiger partial charge in [-0.1, -0.05) is 29.7 Å². The molecule has 2 aromatic rings. The number of aromatic nitrogens is 1. The lowest BCUT2D eigenvalue weighted by Gasteiger charge is -2.35. The molecule has 1 aromatic heterocycles. The number of nitrogens with one attached hydrogen (secondary N) is 1. The minimum Gasteiger partial charge on any atom is -0.368 e. The van der Waals surface area contributed by atoms with Crippen LogP contribution in [0.25, 0.3) is 0 Å². The highest BCUT2D eigenvalue weighted by Gasteiger charge is 2.29. The van der Waals surface area contributed by atoms with E-state index < -0.39 is 15.8 Å². The van der Waals surface area contributed by atoms with E-state index in [-0.39, 0.29) is 34.7 Å². The molecule has 0 aliphatic carbocycles. The summed E-state index contributed by atoms with van der Waals surface area (Å²) in [5.74, 6) is 2.00. The maximum Gasteiger partial charge on any atom is 0.232 e. The van der Waals surface area contributed by atoms with Crippen LogP contribution in [-0.2, 0) is 10.0 Å². The molecule has 0 radical (unpaired) electrons. The van der Waals surface area contributed by atoms with Gasteiger partial charge in [0, 0.05) is 37.9 Å². The van der Waals surface area contributed by atoms with E-state index in [0.29, 0.717) is 13.0 Å². The lowest BCUT2D eigenvalue weighted by Crippen LogP contribution is -2.46. The summed E-state index contributed by atoms with van der Waals surface area (Å²) < 4.78 is 41.5. The molecule has 186 valence electrons. The molecule has 0 bridgehead atoms. The zero-order valence-electron chi connectivity index (χ0n) is 19.4. The van der Waals surface area contributed by atoms with E-state index in [4.69, 9.17) is 18.0 Å². The highest BCUT2D eigenvalue weighted by Crippen LogP contribution is 2.39. The minimum absolute atomic E-state index is 0.0247. The van der Waals surface area contributed by atoms with E-state index in [1.165, 1.54) is 11.1 Å². The predicted molar refractivity (Wildman–Crippen MR) is 136 cm³/mol. The molecule has 0 amide bonds. The van der Waals surface area contributed by atoms with Crippen molar-refractivity contribution in [1.29, 1.82) is 0 Å². The quantitative estimate of drug-likeness (QED) is 0.534. The van der Waals surface area contributed by atoms with Gasteiger partial charge in [-0.05, 0) is 24.6 Å². The maximum absolute atomic E-state index is 14.7. The van der Waals surface area contributed by atoms with Gasteiger partial charge in [-0.3, -0.25) is 14.6 Å². The fourth-order valence-corrected chi connectivity index (χ4v) is 5.61. The number of sulfonamides is 1. The van der Waals surface area contributed by atoms with Crippen LogP contribution in [0, 0.1) is 18.2 Å². The lowest BCUT2D eigenvalue weighted by atomic mass is 10.1. The van der Waals surface area contributed by atoms with Crippen molar-refractivity contribution in [1.82, 2.24) is 9.88 Å². The summed E-state index contributed by atoms with van der Waals surface area (Å²) in [6.45, 7) is 6.07. The molecule has 2 aliphatic rings. The van der Waals surface area contributed by atoms with Crippen LogP contribution in [0.15, 0.2) is 40.9 Å². The molecule has 35 heavy (non-hydrogen) atoms. The van der Waals surface area contributed by atoms with Gasteiger partial charge in [0.2, 0.25) is 10.0 Å². The molecule has 2 aliphatic heterocycles. The third-order valence-corrected chi connectivity index (χ3v) is 7.75. The van der Waals surface area contributed by atoms with Gasteiger partial charge in [0.1, 0.15) is 17.5 Å². The van der Waals surface area contributed by atoms with E-state index in [1.807, 2.05) is 12.3 Å². The summed E-state index contributed by atoms with van der Waals surface area (Å²) in [7, 11) is -3.59. The van der Waals surface area contributed by atoms with E-state index in [1.54, 1.807) is 13.1 Å². The topological polar surface area (TPSA) is 93.5 Å². The lowest BCUT2D eigenvalue weighted by molar-refractivity contribution is 0.288. The molecule has 3 heterocycles. The first-order valence-electron chi connectivity index (χ1n) is 11.3. The average Bonchev–Trinajstić information content (AvgIpc) is 3.32. The van der Waals surface area contributed by atoms with Gasteiger partial charge in [-0.25, -0.2) is 17.8 Å². The van der Waals surface area contributed by atoms with Crippen LogP contribution < -0.4 is 14.6 Å². The standard InChI is InChI=1S/C23H27ClFN7O2S/c1-3-7-30-8-10-31(11-9-30)18-13-17(14-26-15-18)21-16-32(29-27-21)23-19(25)5-6-20(22(23)24)28-35(33,34)12-4-2/h1,5-6,13-15,21,28H,4,7-12,16H2,2H3. The first kappa shape index (κ1) is 25.2. The van der Waals surface area contributed by atoms with Gasteiger partial charge in [-0.15, -0.1) is 6.42 Å². The molecule has 1 aromatic carbocycles. The summed E-state index contributed by atoms with van der Waals surface area (Å²) in [5, 5.41) is 9.71. The Labute approximate surface area is 210 Å². The SMILES string of the molecule is C#CCN1CCN(c2cncc(C3CN(c4c(F)ccc(NS(=O)(=O)CCC)c4Cl)N=N3)c2)CC1. The summed E-state index contributed by atoms with van der Waals surface area (Å²) in [6.07, 6.45) is 9.39. The molecule has 1 fully saturated rings. The predicted octanol–water partition coefficient (Wildman–Crippen LogP) is 3.71. The maximum atomic E-state index is 14.7. The second-order valence-corrected chi connectivity index (χ2v) is 10.6. The first-order valence-corrected chi connectivity index (χ1v) is 13.4. The van der Waals surface area contributed by atoms with Gasteiger partial charge in [0.15, 0.2) is 0 Å². The normalized spacial score (nSPS) is 18.6. The average molecular weight is 520 g/mol. The number of piperazine rings is 1. The fourth-order valence-electron chi connectivity index (χ4n) is 4.11. The van der Waals surface area contributed by atoms with Gasteiger partial charge >= 0.3 is 0 Å². The Kier molecular flexibility index (Phi) is 7.74. The number of pyridine rings is 1. The molecule has 1 saturated heterocycles. The third-order valence-electron chi connectivity index (χ3n) is 5.89. The monoisotopic (exact) mass is 519 g/mol. The van der Waals surface area contributed by atoms with Crippen LogP contribution in [0.2, 0.25) is 5.02 Å². The van der Waals surface area contributed by atoms with Crippen molar-refractivity contribution in [2.24, 2.45) is 10.3 Å². The highest BCUT2D eigenvalue weighted by molar-refractivity contribution is 7.92. The van der Waals surface area contributed by atoms with E-state index in [0.717, 1.165) is 43.5 Å². The summed E-state index contributed by atoms with van der Waals surface area (Å²) in [4.78, 5) is 8.85. The number of anilines is 3. The second-order valence-electron chi connectivity index (χ2n) is 8.43. The van der Waals surface area contributed by atoms with Crippen LogP contribution in [0.3, 0.4) is 0 Å². The number of rotatable bonds is 8. The largest absolute Gasteiger partial charge is 0.368 e. The van der Waals surface area contributed by atoms with Crippen LogP contribution in [-0.4, -0.2) is 63.3 Å². The van der Waals surface area contributed by atoms with E-state index >= 15 is 0 Å². The van der Waals surface area contributed by atoms with Gasteiger partial charge in [-0.2, -0.15) is 5.11 Å². The zero-order valence-corrected chi connectivity index (χ0v) is 20.9. The van der Waals surface area contributed by atoms with Crippen LogP contribution in [0.1, 0.15) is 24.9 Å². The van der Waals surface area contributed by atoms with Crippen molar-refractivity contribution in [3.05, 3.63) is 47.0 Å². The highest BCUT2D eigenvalue weighted by atomic mass is 35.5. The number of nitrogens with zero attached hydrogens (tertiary/aromatic N) is 6. The van der Waals surface area contributed by atoms with Gasteiger partial charge in [0.25, 0.3) is 0 Å². The Morgan fingerprint density at radius 3 is 2.74 bits per heavy atom. The molecule has 1 atom stereocenters. The van der Waals surface area contributed by atoms with Crippen LogP contribution >= 0.6 is 11.6 Å². The molecule has 4 rings (SSSR count). The Morgan fingerprint density at radius 1 is 1.26 bits per heavy atom. The molecular weight excluding hydrogens is 493 g/mol.